The number of rotatable bonds is 13. The van der Waals surface area contributed by atoms with Crippen molar-refractivity contribution < 1.29 is 39.3 Å². The van der Waals surface area contributed by atoms with Gasteiger partial charge in [0.25, 0.3) is 5.91 Å². The number of nitrogens with two attached hydrogens (primary N) is 1. The van der Waals surface area contributed by atoms with Crippen molar-refractivity contribution in [1.29, 1.82) is 0 Å². The van der Waals surface area contributed by atoms with Gasteiger partial charge in [0.2, 0.25) is 11.8 Å². The van der Waals surface area contributed by atoms with E-state index >= 15 is 0 Å². The van der Waals surface area contributed by atoms with Gasteiger partial charge in [-0.05, 0) is 81.7 Å². The Balaban J connectivity index is 1.65. The molecule has 214 valence electrons. The van der Waals surface area contributed by atoms with Crippen LogP contribution in [-0.2, 0) is 19.2 Å². The van der Waals surface area contributed by atoms with Crippen LogP contribution in [-0.4, -0.2) is 80.6 Å². The van der Waals surface area contributed by atoms with Gasteiger partial charge in [0.1, 0.15) is 23.9 Å². The normalized spacial score (nSPS) is 21.9. The van der Waals surface area contributed by atoms with E-state index in [1.807, 2.05) is 0 Å². The van der Waals surface area contributed by atoms with Crippen LogP contribution in [0.5, 0.6) is 5.75 Å². The van der Waals surface area contributed by atoms with E-state index in [9.17, 15) is 39.3 Å². The molecule has 0 spiro atoms. The number of aliphatic carboxylic acids is 2. The summed E-state index contributed by atoms with van der Waals surface area (Å²) < 4.78 is 0. The van der Waals surface area contributed by atoms with Gasteiger partial charge in [0.15, 0.2) is 0 Å². The van der Waals surface area contributed by atoms with E-state index in [0.29, 0.717) is 25.8 Å². The van der Waals surface area contributed by atoms with Crippen LogP contribution in [0.4, 0.5) is 0 Å². The lowest BCUT2D eigenvalue weighted by Gasteiger charge is -2.33. The van der Waals surface area contributed by atoms with Crippen molar-refractivity contribution in [2.75, 3.05) is 6.54 Å². The molecule has 0 aromatic heterocycles. The summed E-state index contributed by atoms with van der Waals surface area (Å²) in [6.45, 7) is 0.385. The predicted molar refractivity (Wildman–Crippen MR) is 140 cm³/mol. The van der Waals surface area contributed by atoms with Crippen molar-refractivity contribution in [3.05, 3.63) is 29.8 Å². The predicted octanol–water partition coefficient (Wildman–Crippen LogP) is 1.21. The van der Waals surface area contributed by atoms with Gasteiger partial charge in [-0.25, -0.2) is 9.59 Å². The van der Waals surface area contributed by atoms with E-state index in [2.05, 4.69) is 10.6 Å². The molecule has 0 unspecified atom stereocenters. The number of fused-ring (bicyclic) bond motifs is 1. The number of benzene rings is 1. The molecule has 39 heavy (non-hydrogen) atoms. The molecule has 2 aliphatic rings. The molecule has 1 aromatic carbocycles. The van der Waals surface area contributed by atoms with E-state index in [4.69, 9.17) is 5.73 Å². The Morgan fingerprint density at radius 2 is 1.64 bits per heavy atom. The number of amides is 3. The average Bonchev–Trinajstić information content (AvgIpc) is 3.30. The smallest absolute Gasteiger partial charge is 0.326 e. The summed E-state index contributed by atoms with van der Waals surface area (Å²) in [6, 6.07) is 1.92. The van der Waals surface area contributed by atoms with Gasteiger partial charge < -0.3 is 36.6 Å². The van der Waals surface area contributed by atoms with Crippen molar-refractivity contribution in [1.82, 2.24) is 15.5 Å². The summed E-state index contributed by atoms with van der Waals surface area (Å²) in [6.07, 6.45) is 4.77. The number of unbranched alkanes of at least 4 members (excludes halogenated alkanes) is 1. The Bertz CT molecular complexity index is 1050. The Morgan fingerprint density at radius 3 is 2.28 bits per heavy atom. The molecule has 0 bridgehead atoms. The Hall–Kier alpha value is -3.67. The van der Waals surface area contributed by atoms with Crippen LogP contribution in [0.3, 0.4) is 0 Å². The molecule has 1 aromatic rings. The molecule has 5 atom stereocenters. The van der Waals surface area contributed by atoms with Crippen LogP contribution in [0.15, 0.2) is 24.3 Å². The molecule has 12 nitrogen and oxygen atoms in total. The summed E-state index contributed by atoms with van der Waals surface area (Å²) in [7, 11) is 0. The highest BCUT2D eigenvalue weighted by Gasteiger charge is 2.47. The monoisotopic (exact) mass is 546 g/mol. The summed E-state index contributed by atoms with van der Waals surface area (Å²) in [5, 5.41) is 33.9. The number of phenols is 1. The molecular formula is C27H38N4O8. The Kier molecular flexibility index (Phi) is 10.7. The minimum atomic E-state index is -1.41. The fourth-order valence-corrected chi connectivity index (χ4v) is 5.58. The average molecular weight is 547 g/mol. The van der Waals surface area contributed by atoms with Crippen LogP contribution in [0.2, 0.25) is 0 Å². The maximum Gasteiger partial charge on any atom is 0.326 e. The SMILES string of the molecule is NCCCC[C@H](NC(=O)c1ccc(O)cc1)C(=O)N[C@H](CCC(=O)N1[C@H](C(=O)O)C[C@@H]2CCCC[C@@H]21)C(=O)O. The van der Waals surface area contributed by atoms with Crippen LogP contribution >= 0.6 is 0 Å². The van der Waals surface area contributed by atoms with Gasteiger partial charge in [-0.1, -0.05) is 12.8 Å². The molecule has 1 aliphatic heterocycles. The van der Waals surface area contributed by atoms with Gasteiger partial charge in [-0.2, -0.15) is 0 Å². The summed E-state index contributed by atoms with van der Waals surface area (Å²) in [4.78, 5) is 64.1. The van der Waals surface area contributed by atoms with Crippen molar-refractivity contribution >= 4 is 29.7 Å². The van der Waals surface area contributed by atoms with Crippen LogP contribution in [0.25, 0.3) is 0 Å². The van der Waals surface area contributed by atoms with Crippen LogP contribution in [0, 0.1) is 5.92 Å². The zero-order valence-corrected chi connectivity index (χ0v) is 21.9. The molecule has 1 saturated heterocycles. The first kappa shape index (κ1) is 29.9. The van der Waals surface area contributed by atoms with Crippen molar-refractivity contribution in [2.45, 2.75) is 88.4 Å². The number of carbonyl (C=O) groups excluding carboxylic acids is 3. The number of aromatic hydroxyl groups is 1. The molecule has 2 fully saturated rings. The quantitative estimate of drug-likeness (QED) is 0.197. The number of nitrogens with zero attached hydrogens (tertiary/aromatic N) is 1. The zero-order chi connectivity index (χ0) is 28.5. The Labute approximate surface area is 226 Å². The lowest BCUT2D eigenvalue weighted by atomic mass is 9.84. The summed E-state index contributed by atoms with van der Waals surface area (Å²) >= 11 is 0. The number of hydrogen-bond acceptors (Lipinski definition) is 7. The molecular weight excluding hydrogens is 508 g/mol. The number of carboxylic acids is 2. The fourth-order valence-electron chi connectivity index (χ4n) is 5.58. The lowest BCUT2D eigenvalue weighted by molar-refractivity contribution is -0.150. The van der Waals surface area contributed by atoms with E-state index < -0.39 is 47.8 Å². The van der Waals surface area contributed by atoms with E-state index in [1.165, 1.54) is 29.2 Å². The molecule has 3 amide bonds. The number of carboxylic acid groups (broad SMARTS) is 2. The van der Waals surface area contributed by atoms with Crippen LogP contribution < -0.4 is 16.4 Å². The van der Waals surface area contributed by atoms with Crippen molar-refractivity contribution in [3.63, 3.8) is 0 Å². The maximum atomic E-state index is 13.1. The standard InChI is InChI=1S/C27H38N4O8/c28-14-4-3-6-19(29-24(34)16-8-10-18(32)11-9-16)25(35)30-20(26(36)37)12-13-23(33)31-21-7-2-1-5-17(21)15-22(31)27(38)39/h8-11,17,19-22,32H,1-7,12-15,28H2,(H,29,34)(H,30,35)(H,36,37)(H,38,39)/t17-,19-,20+,21-,22-/m0/s1. The molecule has 12 heteroatoms. The van der Waals surface area contributed by atoms with Gasteiger partial charge in [0.05, 0.1) is 0 Å². The molecule has 7 N–H and O–H groups in total. The first-order valence-electron chi connectivity index (χ1n) is 13.5. The number of nitrogens with one attached hydrogen (secondary N) is 2. The lowest BCUT2D eigenvalue weighted by Crippen LogP contribution is -2.52. The molecule has 1 saturated carbocycles. The second-order valence-electron chi connectivity index (χ2n) is 10.3. The third-order valence-electron chi connectivity index (χ3n) is 7.62. The highest BCUT2D eigenvalue weighted by molar-refractivity contribution is 5.98. The van der Waals surface area contributed by atoms with Gasteiger partial charge in [0, 0.05) is 18.0 Å². The third-order valence-corrected chi connectivity index (χ3v) is 7.62. The minimum absolute atomic E-state index is 0.0229. The molecule has 0 radical (unpaired) electrons. The molecule has 1 aliphatic carbocycles. The number of carbonyl (C=O) groups is 5. The first-order chi connectivity index (χ1) is 18.6. The van der Waals surface area contributed by atoms with E-state index in [0.717, 1.165) is 25.7 Å². The molecule has 3 rings (SSSR count). The third kappa shape index (κ3) is 7.92. The van der Waals surface area contributed by atoms with Crippen LogP contribution in [0.1, 0.15) is 74.6 Å². The summed E-state index contributed by atoms with van der Waals surface area (Å²) in [5.74, 6) is -4.01. The topological polar surface area (TPSA) is 199 Å². The first-order valence-corrected chi connectivity index (χ1v) is 13.5. The van der Waals surface area contributed by atoms with Crippen molar-refractivity contribution in [3.8, 4) is 5.75 Å². The van der Waals surface area contributed by atoms with Crippen molar-refractivity contribution in [2.24, 2.45) is 11.7 Å². The number of phenolic OH excluding ortho intramolecular Hbond substituents is 1. The fraction of sp³-hybridized carbons (Fsp3) is 0.593. The summed E-state index contributed by atoms with van der Waals surface area (Å²) in [5.41, 5.74) is 5.76. The second kappa shape index (κ2) is 13.9. The van der Waals surface area contributed by atoms with Gasteiger partial charge in [-0.15, -0.1) is 0 Å². The zero-order valence-electron chi connectivity index (χ0n) is 21.9. The minimum Gasteiger partial charge on any atom is -0.508 e. The number of hydrogen-bond donors (Lipinski definition) is 6. The van der Waals surface area contributed by atoms with E-state index in [1.54, 1.807) is 0 Å². The highest BCUT2D eigenvalue weighted by Crippen LogP contribution is 2.40. The Morgan fingerprint density at radius 1 is 0.949 bits per heavy atom. The second-order valence-corrected chi connectivity index (χ2v) is 10.3. The highest BCUT2D eigenvalue weighted by atomic mass is 16.4. The van der Waals surface area contributed by atoms with E-state index in [-0.39, 0.29) is 42.5 Å². The number of likely N-dealkylation sites (tertiary alicyclic amines) is 1. The maximum absolute atomic E-state index is 13.1. The largest absolute Gasteiger partial charge is 0.508 e. The van der Waals surface area contributed by atoms with Gasteiger partial charge in [-0.3, -0.25) is 14.4 Å². The van der Waals surface area contributed by atoms with Gasteiger partial charge >= 0.3 is 11.9 Å². The molecule has 1 heterocycles.